The smallest absolute Gasteiger partial charge is 0.270 e. The number of aromatic amines is 1. The zero-order valence-corrected chi connectivity index (χ0v) is 14.5. The molecule has 0 aliphatic rings. The van der Waals surface area contributed by atoms with E-state index < -0.39 is 5.91 Å². The van der Waals surface area contributed by atoms with Crippen LogP contribution in [0.4, 0.5) is 0 Å². The quantitative estimate of drug-likeness (QED) is 0.742. The lowest BCUT2D eigenvalue weighted by atomic mass is 10.1. The number of rotatable bonds is 5. The molecule has 3 rings (SSSR count). The first kappa shape index (κ1) is 17.4. The van der Waals surface area contributed by atoms with E-state index in [1.165, 1.54) is 6.07 Å². The number of ether oxygens (including phenoxy) is 1. The first-order chi connectivity index (χ1) is 12.6. The summed E-state index contributed by atoms with van der Waals surface area (Å²) in [6.07, 6.45) is 0. The number of hydrogen-bond donors (Lipinski definition) is 2. The Morgan fingerprint density at radius 3 is 2.46 bits per heavy atom. The van der Waals surface area contributed by atoms with Crippen molar-refractivity contribution in [3.05, 3.63) is 82.3 Å². The monoisotopic (exact) mass is 349 g/mol. The fourth-order valence-electron chi connectivity index (χ4n) is 2.55. The Bertz CT molecular complexity index is 950. The first-order valence-corrected chi connectivity index (χ1v) is 8.18. The number of aromatic nitrogens is 2. The van der Waals surface area contributed by atoms with E-state index in [0.29, 0.717) is 5.82 Å². The van der Waals surface area contributed by atoms with Gasteiger partial charge in [-0.2, -0.15) is 0 Å². The third-order valence-electron chi connectivity index (χ3n) is 3.98. The summed E-state index contributed by atoms with van der Waals surface area (Å²) >= 11 is 0. The lowest BCUT2D eigenvalue weighted by Gasteiger charge is -2.14. The van der Waals surface area contributed by atoms with E-state index in [1.54, 1.807) is 7.11 Å². The van der Waals surface area contributed by atoms with E-state index >= 15 is 0 Å². The van der Waals surface area contributed by atoms with Crippen LogP contribution in [-0.2, 0) is 0 Å². The van der Waals surface area contributed by atoms with Gasteiger partial charge in [0.15, 0.2) is 0 Å². The maximum Gasteiger partial charge on any atom is 0.270 e. The lowest BCUT2D eigenvalue weighted by Crippen LogP contribution is -2.29. The summed E-state index contributed by atoms with van der Waals surface area (Å²) in [4.78, 5) is 31.4. The number of methoxy groups -OCH3 is 1. The van der Waals surface area contributed by atoms with Crippen LogP contribution in [0.2, 0.25) is 0 Å². The zero-order valence-electron chi connectivity index (χ0n) is 14.5. The summed E-state index contributed by atoms with van der Waals surface area (Å²) in [6, 6.07) is 17.6. The van der Waals surface area contributed by atoms with E-state index in [1.807, 2.05) is 61.5 Å². The molecule has 0 spiro atoms. The number of carbonyl (C=O) groups is 1. The van der Waals surface area contributed by atoms with Crippen molar-refractivity contribution in [1.82, 2.24) is 15.3 Å². The molecule has 1 heterocycles. The molecule has 0 aliphatic carbocycles. The molecule has 6 nitrogen and oxygen atoms in total. The number of hydrogen-bond acceptors (Lipinski definition) is 4. The molecule has 0 unspecified atom stereocenters. The third kappa shape index (κ3) is 3.97. The molecule has 2 aromatic carbocycles. The highest BCUT2D eigenvalue weighted by molar-refractivity contribution is 5.92. The molecule has 2 N–H and O–H groups in total. The van der Waals surface area contributed by atoms with Crippen molar-refractivity contribution >= 4 is 5.91 Å². The molecule has 0 saturated heterocycles. The third-order valence-corrected chi connectivity index (χ3v) is 3.98. The number of amides is 1. The van der Waals surface area contributed by atoms with Crippen LogP contribution in [0.3, 0.4) is 0 Å². The fraction of sp³-hybridized carbons (Fsp3) is 0.150. The molecule has 0 aliphatic heterocycles. The SMILES string of the molecule is COc1ccc([C@H](C)NC(=O)c2cc(=O)[nH]c(-c3ccccc3)n2)cc1. The Balaban J connectivity index is 1.81. The number of H-pyrrole nitrogens is 1. The van der Waals surface area contributed by atoms with Gasteiger partial charge in [0.25, 0.3) is 11.5 Å². The maximum atomic E-state index is 12.5. The summed E-state index contributed by atoms with van der Waals surface area (Å²) < 4.78 is 5.13. The zero-order chi connectivity index (χ0) is 18.5. The summed E-state index contributed by atoms with van der Waals surface area (Å²) in [6.45, 7) is 1.87. The normalized spacial score (nSPS) is 11.6. The molecule has 0 radical (unpaired) electrons. The average molecular weight is 349 g/mol. The van der Waals surface area contributed by atoms with E-state index in [4.69, 9.17) is 4.74 Å². The van der Waals surface area contributed by atoms with Crippen LogP contribution in [0.1, 0.15) is 29.0 Å². The van der Waals surface area contributed by atoms with Crippen molar-refractivity contribution in [2.24, 2.45) is 0 Å². The van der Waals surface area contributed by atoms with Crippen LogP contribution < -0.4 is 15.6 Å². The van der Waals surface area contributed by atoms with E-state index in [2.05, 4.69) is 15.3 Å². The Kier molecular flexibility index (Phi) is 5.12. The topological polar surface area (TPSA) is 84.1 Å². The molecular formula is C20H19N3O3. The molecular weight excluding hydrogens is 330 g/mol. The molecule has 6 heteroatoms. The average Bonchev–Trinajstić information content (AvgIpc) is 2.68. The Labute approximate surface area is 150 Å². The molecule has 0 fully saturated rings. The van der Waals surface area contributed by atoms with Gasteiger partial charge in [-0.05, 0) is 24.6 Å². The highest BCUT2D eigenvalue weighted by Gasteiger charge is 2.15. The van der Waals surface area contributed by atoms with Crippen molar-refractivity contribution in [1.29, 1.82) is 0 Å². The standard InChI is InChI=1S/C20H19N3O3/c1-13(14-8-10-16(26-2)11-9-14)21-20(25)17-12-18(24)23-19(22-17)15-6-4-3-5-7-15/h3-13H,1-2H3,(H,21,25)(H,22,23,24)/t13-/m0/s1. The second kappa shape index (κ2) is 7.65. The summed E-state index contributed by atoms with van der Waals surface area (Å²) in [7, 11) is 1.60. The minimum absolute atomic E-state index is 0.0768. The van der Waals surface area contributed by atoms with Gasteiger partial charge >= 0.3 is 0 Å². The largest absolute Gasteiger partial charge is 0.497 e. The lowest BCUT2D eigenvalue weighted by molar-refractivity contribution is 0.0934. The summed E-state index contributed by atoms with van der Waals surface area (Å²) in [5, 5.41) is 2.86. The van der Waals surface area contributed by atoms with Gasteiger partial charge in [-0.25, -0.2) is 4.98 Å². The minimum Gasteiger partial charge on any atom is -0.497 e. The predicted molar refractivity (Wildman–Crippen MR) is 99.2 cm³/mol. The first-order valence-electron chi connectivity index (χ1n) is 8.18. The van der Waals surface area contributed by atoms with E-state index in [-0.39, 0.29) is 17.3 Å². The minimum atomic E-state index is -0.406. The van der Waals surface area contributed by atoms with Gasteiger partial charge in [0.1, 0.15) is 17.3 Å². The predicted octanol–water partition coefficient (Wildman–Crippen LogP) is 2.94. The van der Waals surface area contributed by atoms with Crippen LogP contribution >= 0.6 is 0 Å². The highest BCUT2D eigenvalue weighted by Crippen LogP contribution is 2.18. The van der Waals surface area contributed by atoms with Crippen LogP contribution in [0.15, 0.2) is 65.5 Å². The van der Waals surface area contributed by atoms with Gasteiger partial charge in [0, 0.05) is 11.6 Å². The molecule has 0 saturated carbocycles. The second-order valence-corrected chi connectivity index (χ2v) is 5.81. The van der Waals surface area contributed by atoms with Gasteiger partial charge in [-0.1, -0.05) is 42.5 Å². The summed E-state index contributed by atoms with van der Waals surface area (Å²) in [5.74, 6) is 0.702. The van der Waals surface area contributed by atoms with Crippen molar-refractivity contribution < 1.29 is 9.53 Å². The Morgan fingerprint density at radius 2 is 1.81 bits per heavy atom. The van der Waals surface area contributed by atoms with E-state index in [9.17, 15) is 9.59 Å². The Morgan fingerprint density at radius 1 is 1.12 bits per heavy atom. The molecule has 26 heavy (non-hydrogen) atoms. The second-order valence-electron chi connectivity index (χ2n) is 5.81. The van der Waals surface area contributed by atoms with Crippen molar-refractivity contribution in [2.75, 3.05) is 7.11 Å². The van der Waals surface area contributed by atoms with Crippen LogP contribution in [-0.4, -0.2) is 23.0 Å². The number of benzene rings is 2. The maximum absolute atomic E-state index is 12.5. The van der Waals surface area contributed by atoms with Crippen molar-refractivity contribution in [3.8, 4) is 17.1 Å². The fourth-order valence-corrected chi connectivity index (χ4v) is 2.55. The molecule has 1 aromatic heterocycles. The van der Waals surface area contributed by atoms with Gasteiger partial charge < -0.3 is 15.0 Å². The molecule has 1 atom stereocenters. The van der Waals surface area contributed by atoms with Gasteiger partial charge in [0.2, 0.25) is 0 Å². The van der Waals surface area contributed by atoms with Crippen molar-refractivity contribution in [2.45, 2.75) is 13.0 Å². The summed E-state index contributed by atoms with van der Waals surface area (Å²) in [5.41, 5.74) is 1.36. The number of nitrogens with zero attached hydrogens (tertiary/aromatic N) is 1. The number of nitrogens with one attached hydrogen (secondary N) is 2. The Hall–Kier alpha value is -3.41. The van der Waals surface area contributed by atoms with Crippen LogP contribution in [0, 0.1) is 0 Å². The highest BCUT2D eigenvalue weighted by atomic mass is 16.5. The van der Waals surface area contributed by atoms with Crippen LogP contribution in [0.25, 0.3) is 11.4 Å². The van der Waals surface area contributed by atoms with Crippen LogP contribution in [0.5, 0.6) is 5.75 Å². The van der Waals surface area contributed by atoms with E-state index in [0.717, 1.165) is 16.9 Å². The van der Waals surface area contributed by atoms with Gasteiger partial charge in [-0.15, -0.1) is 0 Å². The molecule has 3 aromatic rings. The van der Waals surface area contributed by atoms with Gasteiger partial charge in [-0.3, -0.25) is 9.59 Å². The van der Waals surface area contributed by atoms with Gasteiger partial charge in [0.05, 0.1) is 13.2 Å². The number of carbonyl (C=O) groups excluding carboxylic acids is 1. The molecule has 132 valence electrons. The molecule has 1 amide bonds. The molecule has 0 bridgehead atoms. The van der Waals surface area contributed by atoms with Crippen molar-refractivity contribution in [3.63, 3.8) is 0 Å².